The third-order valence-electron chi connectivity index (χ3n) is 1.04. The molecule has 0 unspecified atom stereocenters. The summed E-state index contributed by atoms with van der Waals surface area (Å²) in [6.07, 6.45) is 1.96. The number of amides is 1. The second kappa shape index (κ2) is 2.75. The monoisotopic (exact) mass is 173 g/mol. The van der Waals surface area contributed by atoms with Crippen LogP contribution >= 0.6 is 11.6 Å². The predicted molar refractivity (Wildman–Crippen MR) is 37.8 cm³/mol. The van der Waals surface area contributed by atoms with Gasteiger partial charge in [-0.25, -0.2) is 4.79 Å². The Hall–Kier alpha value is -1.29. The van der Waals surface area contributed by atoms with Gasteiger partial charge in [-0.05, 0) is 0 Å². The number of aliphatic carboxylic acids is 1. The van der Waals surface area contributed by atoms with E-state index in [-0.39, 0.29) is 10.7 Å². The lowest BCUT2D eigenvalue weighted by Crippen LogP contribution is -2.14. The Kier molecular flexibility index (Phi) is 1.96. The lowest BCUT2D eigenvalue weighted by atomic mass is 10.4. The molecule has 0 saturated heterocycles. The van der Waals surface area contributed by atoms with E-state index in [1.807, 2.05) is 0 Å². The van der Waals surface area contributed by atoms with Gasteiger partial charge in [0, 0.05) is 12.2 Å². The van der Waals surface area contributed by atoms with E-state index in [0.29, 0.717) is 0 Å². The topological polar surface area (TPSA) is 66.4 Å². The van der Waals surface area contributed by atoms with Crippen LogP contribution in [0, 0.1) is 0 Å². The Morgan fingerprint density at radius 2 is 2.36 bits per heavy atom. The van der Waals surface area contributed by atoms with Gasteiger partial charge in [0.2, 0.25) is 5.91 Å². The summed E-state index contributed by atoms with van der Waals surface area (Å²) in [6.45, 7) is 0. The molecule has 1 amide bonds. The molecule has 0 bridgehead atoms. The van der Waals surface area contributed by atoms with Crippen LogP contribution in [0.25, 0.3) is 0 Å². The molecule has 1 aliphatic heterocycles. The highest BCUT2D eigenvalue weighted by Crippen LogP contribution is 2.16. The van der Waals surface area contributed by atoms with Crippen LogP contribution in [0.5, 0.6) is 0 Å². The van der Waals surface area contributed by atoms with Crippen LogP contribution < -0.4 is 5.32 Å². The molecular formula is C6H4ClNO3. The average molecular weight is 174 g/mol. The lowest BCUT2D eigenvalue weighted by molar-refractivity contribution is -0.131. The van der Waals surface area contributed by atoms with Crippen LogP contribution in [0.15, 0.2) is 22.9 Å². The molecular weight excluding hydrogens is 170 g/mol. The van der Waals surface area contributed by atoms with E-state index in [0.717, 1.165) is 12.2 Å². The van der Waals surface area contributed by atoms with Crippen LogP contribution in [0.1, 0.15) is 0 Å². The van der Waals surface area contributed by atoms with Gasteiger partial charge in [0.15, 0.2) is 0 Å². The SMILES string of the molecule is O=C(O)/C=C1/NC(=O)C=C1Cl. The molecule has 1 heterocycles. The van der Waals surface area contributed by atoms with Crippen LogP contribution in [0.2, 0.25) is 0 Å². The number of carbonyl (C=O) groups is 2. The highest BCUT2D eigenvalue weighted by molar-refractivity contribution is 6.35. The number of hydrogen-bond donors (Lipinski definition) is 2. The molecule has 0 aliphatic carbocycles. The van der Waals surface area contributed by atoms with Crippen LogP contribution in [0.3, 0.4) is 0 Å². The van der Waals surface area contributed by atoms with Crippen molar-refractivity contribution in [2.45, 2.75) is 0 Å². The molecule has 0 aromatic rings. The summed E-state index contributed by atoms with van der Waals surface area (Å²) in [4.78, 5) is 20.6. The van der Waals surface area contributed by atoms with E-state index in [4.69, 9.17) is 16.7 Å². The van der Waals surface area contributed by atoms with Crippen molar-refractivity contribution in [3.05, 3.63) is 22.9 Å². The standard InChI is InChI=1S/C6H4ClNO3/c7-3-1-5(9)8-4(3)2-6(10)11/h1-2H,(H,8,9)(H,10,11)/b4-2+. The minimum absolute atomic E-state index is 0.123. The molecule has 2 N–H and O–H groups in total. The van der Waals surface area contributed by atoms with Gasteiger partial charge in [-0.2, -0.15) is 0 Å². The first kappa shape index (κ1) is 7.81. The molecule has 0 spiro atoms. The number of nitrogens with one attached hydrogen (secondary N) is 1. The van der Waals surface area contributed by atoms with Crippen molar-refractivity contribution in [3.63, 3.8) is 0 Å². The maximum absolute atomic E-state index is 10.5. The molecule has 58 valence electrons. The highest BCUT2D eigenvalue weighted by Gasteiger charge is 2.15. The van der Waals surface area contributed by atoms with Crippen LogP contribution in [-0.4, -0.2) is 17.0 Å². The number of carboxylic acid groups (broad SMARTS) is 1. The molecule has 0 radical (unpaired) electrons. The van der Waals surface area contributed by atoms with Crippen molar-refractivity contribution < 1.29 is 14.7 Å². The van der Waals surface area contributed by atoms with Crippen molar-refractivity contribution >= 4 is 23.5 Å². The van der Waals surface area contributed by atoms with Gasteiger partial charge < -0.3 is 10.4 Å². The Morgan fingerprint density at radius 1 is 1.73 bits per heavy atom. The molecule has 0 aromatic heterocycles. The lowest BCUT2D eigenvalue weighted by Gasteiger charge is -1.94. The number of carbonyl (C=O) groups excluding carboxylic acids is 1. The zero-order valence-electron chi connectivity index (χ0n) is 5.30. The second-order valence-electron chi connectivity index (χ2n) is 1.88. The number of hydrogen-bond acceptors (Lipinski definition) is 2. The smallest absolute Gasteiger partial charge is 0.330 e. The van der Waals surface area contributed by atoms with Crippen molar-refractivity contribution in [3.8, 4) is 0 Å². The second-order valence-corrected chi connectivity index (χ2v) is 2.28. The van der Waals surface area contributed by atoms with Crippen molar-refractivity contribution in [1.82, 2.24) is 5.32 Å². The van der Waals surface area contributed by atoms with Crippen LogP contribution in [0.4, 0.5) is 0 Å². The van der Waals surface area contributed by atoms with E-state index in [1.165, 1.54) is 0 Å². The van der Waals surface area contributed by atoms with E-state index in [1.54, 1.807) is 0 Å². The Balaban J connectivity index is 2.87. The first-order valence-corrected chi connectivity index (χ1v) is 3.10. The normalized spacial score (nSPS) is 19.9. The first-order chi connectivity index (χ1) is 5.09. The molecule has 4 nitrogen and oxygen atoms in total. The molecule has 1 aliphatic rings. The summed E-state index contributed by atoms with van der Waals surface area (Å²) < 4.78 is 0. The summed E-state index contributed by atoms with van der Waals surface area (Å²) in [5, 5.41) is 10.6. The van der Waals surface area contributed by atoms with Gasteiger partial charge >= 0.3 is 5.97 Å². The number of allylic oxidation sites excluding steroid dienone is 1. The Labute approximate surface area is 67.1 Å². The van der Waals surface area contributed by atoms with E-state index < -0.39 is 11.9 Å². The Morgan fingerprint density at radius 3 is 2.73 bits per heavy atom. The quantitative estimate of drug-likeness (QED) is 0.557. The number of halogens is 1. The number of carboxylic acids is 1. The largest absolute Gasteiger partial charge is 0.478 e. The van der Waals surface area contributed by atoms with Gasteiger partial charge in [-0.3, -0.25) is 4.79 Å². The summed E-state index contributed by atoms with van der Waals surface area (Å²) in [5.74, 6) is -1.55. The molecule has 11 heavy (non-hydrogen) atoms. The molecule has 0 aromatic carbocycles. The molecule has 0 fully saturated rings. The van der Waals surface area contributed by atoms with Gasteiger partial charge in [-0.15, -0.1) is 0 Å². The van der Waals surface area contributed by atoms with Crippen LogP contribution in [-0.2, 0) is 9.59 Å². The molecule has 1 rings (SSSR count). The minimum Gasteiger partial charge on any atom is -0.478 e. The van der Waals surface area contributed by atoms with Gasteiger partial charge in [0.25, 0.3) is 0 Å². The third-order valence-corrected chi connectivity index (χ3v) is 1.35. The van der Waals surface area contributed by atoms with Crippen molar-refractivity contribution in [2.24, 2.45) is 0 Å². The minimum atomic E-state index is -1.14. The third kappa shape index (κ3) is 1.81. The van der Waals surface area contributed by atoms with E-state index >= 15 is 0 Å². The first-order valence-electron chi connectivity index (χ1n) is 2.73. The van der Waals surface area contributed by atoms with E-state index in [2.05, 4.69) is 5.32 Å². The fraction of sp³-hybridized carbons (Fsp3) is 0. The maximum Gasteiger partial charge on any atom is 0.330 e. The van der Waals surface area contributed by atoms with Crippen molar-refractivity contribution in [2.75, 3.05) is 0 Å². The molecule has 0 atom stereocenters. The summed E-state index contributed by atoms with van der Waals surface area (Å²) in [6, 6.07) is 0. The van der Waals surface area contributed by atoms with Gasteiger partial charge in [0.05, 0.1) is 10.7 Å². The highest BCUT2D eigenvalue weighted by atomic mass is 35.5. The molecule has 0 saturated carbocycles. The fourth-order valence-electron chi connectivity index (χ4n) is 0.650. The fourth-order valence-corrected chi connectivity index (χ4v) is 0.851. The molecule has 5 heteroatoms. The zero-order valence-corrected chi connectivity index (χ0v) is 6.05. The van der Waals surface area contributed by atoms with E-state index in [9.17, 15) is 9.59 Å². The average Bonchev–Trinajstić information content (AvgIpc) is 2.09. The summed E-state index contributed by atoms with van der Waals surface area (Å²) in [5.41, 5.74) is 0.129. The summed E-state index contributed by atoms with van der Waals surface area (Å²) >= 11 is 5.46. The summed E-state index contributed by atoms with van der Waals surface area (Å²) in [7, 11) is 0. The van der Waals surface area contributed by atoms with Crippen molar-refractivity contribution in [1.29, 1.82) is 0 Å². The zero-order chi connectivity index (χ0) is 8.43. The Bertz CT molecular complexity index is 280. The predicted octanol–water partition coefficient (Wildman–Crippen LogP) is 0.207. The number of rotatable bonds is 1. The maximum atomic E-state index is 10.5. The van der Waals surface area contributed by atoms with Gasteiger partial charge in [-0.1, -0.05) is 11.6 Å². The van der Waals surface area contributed by atoms with Gasteiger partial charge in [0.1, 0.15) is 0 Å².